The predicted octanol–water partition coefficient (Wildman–Crippen LogP) is 3.05. The number of nitrogens with zero attached hydrogens (tertiary/aromatic N) is 1. The zero-order valence-electron chi connectivity index (χ0n) is 15.2. The van der Waals surface area contributed by atoms with Crippen molar-refractivity contribution in [1.82, 2.24) is 0 Å². The summed E-state index contributed by atoms with van der Waals surface area (Å²) in [5, 5.41) is 2.73. The van der Waals surface area contributed by atoms with Crippen LogP contribution in [0.3, 0.4) is 0 Å². The first-order chi connectivity index (χ1) is 12.3. The largest absolute Gasteiger partial charge is 0.494 e. The number of amides is 1. The van der Waals surface area contributed by atoms with Crippen LogP contribution >= 0.6 is 0 Å². The first-order valence-electron chi connectivity index (χ1n) is 8.42. The van der Waals surface area contributed by atoms with E-state index in [1.54, 1.807) is 36.4 Å². The highest BCUT2D eigenvalue weighted by Crippen LogP contribution is 2.22. The van der Waals surface area contributed by atoms with Crippen LogP contribution < -0.4 is 14.4 Å². The minimum Gasteiger partial charge on any atom is -0.494 e. The van der Waals surface area contributed by atoms with Gasteiger partial charge in [-0.1, -0.05) is 19.1 Å². The summed E-state index contributed by atoms with van der Waals surface area (Å²) < 4.78 is 30.7. The zero-order valence-corrected chi connectivity index (χ0v) is 16.0. The molecule has 7 heteroatoms. The average Bonchev–Trinajstić information content (AvgIpc) is 2.60. The Morgan fingerprint density at radius 3 is 2.15 bits per heavy atom. The molecule has 0 atom stereocenters. The third kappa shape index (κ3) is 5.49. The lowest BCUT2D eigenvalue weighted by atomic mass is 10.1. The third-order valence-corrected chi connectivity index (χ3v) is 4.91. The molecule has 0 aromatic heterocycles. The smallest absolute Gasteiger partial charge is 0.245 e. The van der Waals surface area contributed by atoms with Crippen LogP contribution in [0.2, 0.25) is 0 Å². The topological polar surface area (TPSA) is 75.7 Å². The molecule has 0 saturated heterocycles. The maximum atomic E-state index is 12.3. The van der Waals surface area contributed by atoms with Gasteiger partial charge in [0.25, 0.3) is 0 Å². The van der Waals surface area contributed by atoms with E-state index in [0.29, 0.717) is 23.7 Å². The molecule has 0 radical (unpaired) electrons. The minimum absolute atomic E-state index is 0.303. The molecule has 2 aromatic carbocycles. The molecule has 0 unspecified atom stereocenters. The van der Waals surface area contributed by atoms with E-state index >= 15 is 0 Å². The van der Waals surface area contributed by atoms with Gasteiger partial charge in [0.2, 0.25) is 15.9 Å². The number of ether oxygens (including phenoxy) is 1. The first-order valence-corrected chi connectivity index (χ1v) is 10.3. The Kier molecular flexibility index (Phi) is 6.63. The molecule has 0 aliphatic rings. The first kappa shape index (κ1) is 19.8. The number of carbonyl (C=O) groups is 1. The third-order valence-electron chi connectivity index (χ3n) is 3.77. The molecule has 26 heavy (non-hydrogen) atoms. The van der Waals surface area contributed by atoms with Gasteiger partial charge >= 0.3 is 0 Å². The van der Waals surface area contributed by atoms with Gasteiger partial charge in [-0.3, -0.25) is 9.10 Å². The van der Waals surface area contributed by atoms with Crippen molar-refractivity contribution < 1.29 is 17.9 Å². The van der Waals surface area contributed by atoms with Gasteiger partial charge in [0.15, 0.2) is 0 Å². The molecule has 1 amide bonds. The molecule has 6 nitrogen and oxygen atoms in total. The highest BCUT2D eigenvalue weighted by atomic mass is 32.2. The van der Waals surface area contributed by atoms with Gasteiger partial charge < -0.3 is 10.1 Å². The van der Waals surface area contributed by atoms with Gasteiger partial charge in [-0.25, -0.2) is 8.42 Å². The lowest BCUT2D eigenvalue weighted by Gasteiger charge is -2.22. The minimum atomic E-state index is -3.61. The second kappa shape index (κ2) is 8.71. The second-order valence-electron chi connectivity index (χ2n) is 5.80. The number of carbonyl (C=O) groups excluding carboxylic acids is 1. The maximum Gasteiger partial charge on any atom is 0.245 e. The molecule has 1 N–H and O–H groups in total. The van der Waals surface area contributed by atoms with Crippen molar-refractivity contribution in [3.63, 3.8) is 0 Å². The Hall–Kier alpha value is -2.54. The van der Waals surface area contributed by atoms with Crippen LogP contribution in [-0.4, -0.2) is 33.7 Å². The van der Waals surface area contributed by atoms with Gasteiger partial charge in [-0.2, -0.15) is 0 Å². The number of nitrogens with one attached hydrogen (secondary N) is 1. The summed E-state index contributed by atoms with van der Waals surface area (Å²) in [6.45, 7) is 4.14. The van der Waals surface area contributed by atoms with Gasteiger partial charge in [-0.15, -0.1) is 0 Å². The Morgan fingerprint density at radius 1 is 1.04 bits per heavy atom. The molecule has 140 valence electrons. The molecule has 0 bridgehead atoms. The van der Waals surface area contributed by atoms with E-state index in [4.69, 9.17) is 4.74 Å². The van der Waals surface area contributed by atoms with Gasteiger partial charge in [-0.05, 0) is 55.3 Å². The van der Waals surface area contributed by atoms with E-state index in [9.17, 15) is 13.2 Å². The maximum absolute atomic E-state index is 12.3. The summed E-state index contributed by atoms with van der Waals surface area (Å²) in [5.41, 5.74) is 2.20. The van der Waals surface area contributed by atoms with Crippen LogP contribution in [-0.2, 0) is 21.2 Å². The summed E-state index contributed by atoms with van der Waals surface area (Å²) in [7, 11) is -3.61. The summed E-state index contributed by atoms with van der Waals surface area (Å²) in [6.07, 6.45) is 1.99. The van der Waals surface area contributed by atoms with Crippen LogP contribution in [0, 0.1) is 0 Å². The zero-order chi connectivity index (χ0) is 19.2. The number of hydrogen-bond acceptors (Lipinski definition) is 4. The molecule has 0 saturated carbocycles. The molecule has 0 aliphatic carbocycles. The Bertz CT molecular complexity index is 831. The van der Waals surface area contributed by atoms with Crippen molar-refractivity contribution in [2.45, 2.75) is 20.3 Å². The molecule has 2 aromatic rings. The van der Waals surface area contributed by atoms with E-state index in [1.165, 1.54) is 0 Å². The molecule has 0 heterocycles. The summed E-state index contributed by atoms with van der Waals surface area (Å²) >= 11 is 0. The number of benzene rings is 2. The van der Waals surface area contributed by atoms with Gasteiger partial charge in [0.1, 0.15) is 12.3 Å². The number of anilines is 2. The van der Waals surface area contributed by atoms with E-state index in [0.717, 1.165) is 22.5 Å². The summed E-state index contributed by atoms with van der Waals surface area (Å²) in [5.74, 6) is 0.235. The fourth-order valence-electron chi connectivity index (χ4n) is 2.43. The predicted molar refractivity (Wildman–Crippen MR) is 104 cm³/mol. The Balaban J connectivity index is 2.13. The fraction of sp³-hybridized carbons (Fsp3) is 0.316. The number of hydrogen-bond donors (Lipinski definition) is 1. The van der Waals surface area contributed by atoms with Crippen LogP contribution in [0.5, 0.6) is 5.75 Å². The molecule has 0 fully saturated rings. The van der Waals surface area contributed by atoms with Crippen LogP contribution in [0.25, 0.3) is 0 Å². The van der Waals surface area contributed by atoms with E-state index in [2.05, 4.69) is 5.32 Å². The van der Waals surface area contributed by atoms with E-state index < -0.39 is 15.9 Å². The van der Waals surface area contributed by atoms with E-state index in [1.807, 2.05) is 26.0 Å². The van der Waals surface area contributed by atoms with Crippen molar-refractivity contribution in [3.05, 3.63) is 54.1 Å². The van der Waals surface area contributed by atoms with E-state index in [-0.39, 0.29) is 6.54 Å². The van der Waals surface area contributed by atoms with Crippen LogP contribution in [0.15, 0.2) is 48.5 Å². The Labute approximate surface area is 154 Å². The highest BCUT2D eigenvalue weighted by Gasteiger charge is 2.21. The normalized spacial score (nSPS) is 11.0. The number of sulfonamides is 1. The SMILES string of the molecule is CCOc1ccc(N(CC(=O)Nc2ccc(CC)cc2)S(C)(=O)=O)cc1. The van der Waals surface area contributed by atoms with Crippen LogP contribution in [0.4, 0.5) is 11.4 Å². The molecular weight excluding hydrogens is 352 g/mol. The van der Waals surface area contributed by atoms with Gasteiger partial charge in [0.05, 0.1) is 18.6 Å². The number of aryl methyl sites for hydroxylation is 1. The lowest BCUT2D eigenvalue weighted by molar-refractivity contribution is -0.114. The van der Waals surface area contributed by atoms with Crippen molar-refractivity contribution in [3.8, 4) is 5.75 Å². The highest BCUT2D eigenvalue weighted by molar-refractivity contribution is 7.92. The quantitative estimate of drug-likeness (QED) is 0.768. The molecular formula is C19H24N2O4S. The average molecular weight is 376 g/mol. The lowest BCUT2D eigenvalue weighted by Crippen LogP contribution is -2.37. The fourth-order valence-corrected chi connectivity index (χ4v) is 3.29. The van der Waals surface area contributed by atoms with Crippen molar-refractivity contribution in [1.29, 1.82) is 0 Å². The molecule has 2 rings (SSSR count). The van der Waals surface area contributed by atoms with Crippen molar-refractivity contribution >= 4 is 27.3 Å². The van der Waals surface area contributed by atoms with Gasteiger partial charge in [0, 0.05) is 5.69 Å². The molecule has 0 spiro atoms. The second-order valence-corrected chi connectivity index (χ2v) is 7.70. The van der Waals surface area contributed by atoms with Crippen molar-refractivity contribution in [2.75, 3.05) is 29.0 Å². The summed E-state index contributed by atoms with van der Waals surface area (Å²) in [4.78, 5) is 12.3. The monoisotopic (exact) mass is 376 g/mol. The molecule has 0 aliphatic heterocycles. The summed E-state index contributed by atoms with van der Waals surface area (Å²) in [6, 6.07) is 14.1. The van der Waals surface area contributed by atoms with Crippen molar-refractivity contribution in [2.24, 2.45) is 0 Å². The van der Waals surface area contributed by atoms with Crippen LogP contribution in [0.1, 0.15) is 19.4 Å². The standard InChI is InChI=1S/C19H24N2O4S/c1-4-15-6-8-16(9-7-15)20-19(22)14-21(26(3,23)24)17-10-12-18(13-11-17)25-5-2/h6-13H,4-5,14H2,1-3H3,(H,20,22). The number of rotatable bonds is 8. The Morgan fingerprint density at radius 2 is 1.65 bits per heavy atom.